The molecule has 0 radical (unpaired) electrons. The van der Waals surface area contributed by atoms with E-state index in [1.54, 1.807) is 0 Å². The lowest BCUT2D eigenvalue weighted by Crippen LogP contribution is -2.62. The minimum absolute atomic E-state index is 0.194. The Bertz CT molecular complexity index is 649. The molecular weight excluding hydrogens is 376 g/mol. The van der Waals surface area contributed by atoms with Crippen LogP contribution in [0, 0.1) is 52.3 Å². The molecule has 0 bridgehead atoms. The van der Waals surface area contributed by atoms with E-state index in [-0.39, 0.29) is 29.5 Å². The Morgan fingerprint density at radius 2 is 1.67 bits per heavy atom. The van der Waals surface area contributed by atoms with Crippen molar-refractivity contribution in [3.8, 4) is 0 Å². The van der Waals surface area contributed by atoms with E-state index in [9.17, 15) is 15.0 Å². The van der Waals surface area contributed by atoms with Gasteiger partial charge in [0.2, 0.25) is 0 Å². The zero-order valence-electron chi connectivity index (χ0n) is 19.5. The van der Waals surface area contributed by atoms with Crippen molar-refractivity contribution in [1.82, 2.24) is 0 Å². The van der Waals surface area contributed by atoms with Crippen LogP contribution < -0.4 is 0 Å². The quantitative estimate of drug-likeness (QED) is 0.577. The number of carboxylic acid groups (broad SMARTS) is 1. The van der Waals surface area contributed by atoms with E-state index in [1.165, 1.54) is 25.7 Å². The van der Waals surface area contributed by atoms with E-state index in [0.29, 0.717) is 41.4 Å². The number of hydrogen-bond donors (Lipinski definition) is 3. The molecule has 0 amide bonds. The Hall–Kier alpha value is -0.610. The molecule has 4 nitrogen and oxygen atoms in total. The van der Waals surface area contributed by atoms with E-state index in [1.807, 2.05) is 0 Å². The lowest BCUT2D eigenvalue weighted by molar-refractivity contribution is -0.203. The second-order valence-electron chi connectivity index (χ2n) is 12.0. The number of rotatable bonds is 5. The first-order valence-electron chi connectivity index (χ1n) is 12.7. The minimum atomic E-state index is -0.683. The van der Waals surface area contributed by atoms with E-state index in [0.717, 1.165) is 32.1 Å². The van der Waals surface area contributed by atoms with Crippen molar-refractivity contribution in [2.75, 3.05) is 0 Å². The van der Waals surface area contributed by atoms with Crippen molar-refractivity contribution in [2.45, 2.75) is 104 Å². The molecule has 0 aromatic heterocycles. The molecule has 4 heteroatoms. The van der Waals surface area contributed by atoms with E-state index in [4.69, 9.17) is 5.11 Å². The Kier molecular flexibility index (Phi) is 6.07. The summed E-state index contributed by atoms with van der Waals surface area (Å²) in [5, 5.41) is 31.3. The summed E-state index contributed by atoms with van der Waals surface area (Å²) in [6.45, 7) is 9.44. The van der Waals surface area contributed by atoms with Crippen molar-refractivity contribution >= 4 is 5.97 Å². The average molecular weight is 421 g/mol. The van der Waals surface area contributed by atoms with Crippen LogP contribution in [0.25, 0.3) is 0 Å². The summed E-state index contributed by atoms with van der Waals surface area (Å²) in [5.41, 5.74) is 0.480. The number of carboxylic acids is 1. The van der Waals surface area contributed by atoms with Crippen LogP contribution in [0.15, 0.2) is 0 Å². The molecule has 3 N–H and O–H groups in total. The topological polar surface area (TPSA) is 77.8 Å². The number of fused-ring (bicyclic) bond motifs is 5. The molecule has 4 fully saturated rings. The van der Waals surface area contributed by atoms with Gasteiger partial charge in [0.05, 0.1) is 12.2 Å². The van der Waals surface area contributed by atoms with Crippen LogP contribution in [-0.4, -0.2) is 33.5 Å². The monoisotopic (exact) mass is 420 g/mol. The molecule has 0 spiro atoms. The summed E-state index contributed by atoms with van der Waals surface area (Å²) in [6, 6.07) is 0. The van der Waals surface area contributed by atoms with Gasteiger partial charge in [-0.15, -0.1) is 0 Å². The molecule has 0 saturated heterocycles. The van der Waals surface area contributed by atoms with Crippen molar-refractivity contribution in [3.63, 3.8) is 0 Å². The van der Waals surface area contributed by atoms with Crippen LogP contribution in [0.5, 0.6) is 0 Å². The van der Waals surface area contributed by atoms with Gasteiger partial charge in [-0.2, -0.15) is 0 Å². The molecule has 11 atom stereocenters. The standard InChI is InChI=1S/C26H44O4/c1-5-17-21-14-16(27)10-12-26(21,4)20-11-13-25(3)18(15(2)6-9-22(28)29)7-8-19(25)23(20)24(17)30/h15-21,23-24,27,30H,5-14H2,1-4H3,(H,28,29)/t15-,16-,17-,18-,19?,20?,21-,23?,24?,25-,26-/m1/s1. The fourth-order valence-electron chi connectivity index (χ4n) is 9.48. The zero-order valence-corrected chi connectivity index (χ0v) is 19.5. The van der Waals surface area contributed by atoms with Crippen LogP contribution in [0.2, 0.25) is 0 Å². The van der Waals surface area contributed by atoms with Gasteiger partial charge in [0, 0.05) is 6.42 Å². The van der Waals surface area contributed by atoms with Crippen molar-refractivity contribution < 1.29 is 20.1 Å². The fraction of sp³-hybridized carbons (Fsp3) is 0.962. The first-order chi connectivity index (χ1) is 14.1. The molecule has 30 heavy (non-hydrogen) atoms. The highest BCUT2D eigenvalue weighted by Crippen LogP contribution is 2.69. The largest absolute Gasteiger partial charge is 0.481 e. The molecule has 4 rings (SSSR count). The van der Waals surface area contributed by atoms with Crippen LogP contribution in [0.4, 0.5) is 0 Å². The van der Waals surface area contributed by atoms with Crippen LogP contribution in [0.3, 0.4) is 0 Å². The maximum absolute atomic E-state index is 11.7. The molecule has 0 aromatic carbocycles. The molecule has 4 unspecified atom stereocenters. The van der Waals surface area contributed by atoms with E-state index < -0.39 is 5.97 Å². The first-order valence-corrected chi connectivity index (χ1v) is 12.7. The molecule has 0 aromatic rings. The van der Waals surface area contributed by atoms with Gasteiger partial charge in [0.1, 0.15) is 0 Å². The second kappa shape index (κ2) is 8.06. The summed E-state index contributed by atoms with van der Waals surface area (Å²) < 4.78 is 0. The number of hydrogen-bond acceptors (Lipinski definition) is 3. The van der Waals surface area contributed by atoms with E-state index >= 15 is 0 Å². The smallest absolute Gasteiger partial charge is 0.303 e. The molecule has 0 aliphatic heterocycles. The maximum atomic E-state index is 11.7. The van der Waals surface area contributed by atoms with Gasteiger partial charge in [0.25, 0.3) is 0 Å². The van der Waals surface area contributed by atoms with Gasteiger partial charge in [-0.25, -0.2) is 0 Å². The SMILES string of the molecule is CC[C@H]1C(O)C2C3CC[C@H]([C@H](C)CCC(=O)O)[C@@]3(C)CCC2[C@@]2(C)CC[C@@H](O)C[C@H]12. The summed E-state index contributed by atoms with van der Waals surface area (Å²) in [5.74, 6) is 2.58. The van der Waals surface area contributed by atoms with Crippen LogP contribution >= 0.6 is 0 Å². The predicted octanol–water partition coefficient (Wildman–Crippen LogP) is 5.11. The highest BCUT2D eigenvalue weighted by atomic mass is 16.4. The highest BCUT2D eigenvalue weighted by Gasteiger charge is 2.64. The molecule has 0 heterocycles. The number of carbonyl (C=O) groups is 1. The van der Waals surface area contributed by atoms with Crippen LogP contribution in [-0.2, 0) is 4.79 Å². The third-order valence-electron chi connectivity index (χ3n) is 11.0. The summed E-state index contributed by atoms with van der Waals surface area (Å²) in [4.78, 5) is 11.1. The van der Waals surface area contributed by atoms with Gasteiger partial charge >= 0.3 is 5.97 Å². The lowest BCUT2D eigenvalue weighted by atomic mass is 9.41. The Labute approximate surface area is 182 Å². The Morgan fingerprint density at radius 3 is 2.33 bits per heavy atom. The Balaban J connectivity index is 1.61. The normalized spacial score (nSPS) is 51.5. The van der Waals surface area contributed by atoms with Crippen LogP contribution in [0.1, 0.15) is 91.9 Å². The molecular formula is C26H44O4. The lowest BCUT2D eigenvalue weighted by Gasteiger charge is -2.64. The van der Waals surface area contributed by atoms with Gasteiger partial charge < -0.3 is 15.3 Å². The van der Waals surface area contributed by atoms with Gasteiger partial charge in [-0.3, -0.25) is 4.79 Å². The summed E-state index contributed by atoms with van der Waals surface area (Å²) in [7, 11) is 0. The minimum Gasteiger partial charge on any atom is -0.481 e. The maximum Gasteiger partial charge on any atom is 0.303 e. The van der Waals surface area contributed by atoms with Gasteiger partial charge in [-0.05, 0) is 104 Å². The third kappa shape index (κ3) is 3.36. The predicted molar refractivity (Wildman–Crippen MR) is 118 cm³/mol. The van der Waals surface area contributed by atoms with Gasteiger partial charge in [-0.1, -0.05) is 34.1 Å². The molecule has 4 aliphatic rings. The number of aliphatic hydroxyl groups excluding tert-OH is 2. The Morgan fingerprint density at radius 1 is 1.00 bits per heavy atom. The van der Waals surface area contributed by atoms with Crippen molar-refractivity contribution in [2.24, 2.45) is 52.3 Å². The van der Waals surface area contributed by atoms with Crippen molar-refractivity contribution in [3.05, 3.63) is 0 Å². The highest BCUT2D eigenvalue weighted by molar-refractivity contribution is 5.66. The van der Waals surface area contributed by atoms with E-state index in [2.05, 4.69) is 27.7 Å². The zero-order chi connectivity index (χ0) is 21.8. The molecule has 4 saturated carbocycles. The summed E-state index contributed by atoms with van der Waals surface area (Å²) >= 11 is 0. The number of aliphatic hydroxyl groups is 2. The van der Waals surface area contributed by atoms with Crippen molar-refractivity contribution in [1.29, 1.82) is 0 Å². The molecule has 172 valence electrons. The molecule has 4 aliphatic carbocycles. The average Bonchev–Trinajstić information content (AvgIpc) is 3.05. The van der Waals surface area contributed by atoms with Gasteiger partial charge in [0.15, 0.2) is 0 Å². The fourth-order valence-corrected chi connectivity index (χ4v) is 9.48. The second-order valence-corrected chi connectivity index (χ2v) is 12.0. The first kappa shape index (κ1) is 22.6. The third-order valence-corrected chi connectivity index (χ3v) is 11.0. The summed E-state index contributed by atoms with van der Waals surface area (Å²) in [6.07, 6.45) is 9.27. The number of aliphatic carboxylic acids is 1.